The van der Waals surface area contributed by atoms with Crippen LogP contribution in [-0.4, -0.2) is 29.7 Å². The first-order valence-electron chi connectivity index (χ1n) is 6.34. The van der Waals surface area contributed by atoms with Gasteiger partial charge in [0.15, 0.2) is 0 Å². The predicted octanol–water partition coefficient (Wildman–Crippen LogP) is 0.927. The monoisotopic (exact) mass is 228 g/mol. The molecule has 1 aliphatic carbocycles. The van der Waals surface area contributed by atoms with E-state index in [0.717, 1.165) is 38.5 Å². The van der Waals surface area contributed by atoms with Gasteiger partial charge in [-0.15, -0.1) is 0 Å². The highest BCUT2D eigenvalue weighted by Crippen LogP contribution is 2.27. The average molecular weight is 228 g/mol. The molecule has 0 aromatic carbocycles. The number of aliphatic hydroxyl groups excluding tert-OH is 1. The molecule has 94 valence electrons. The molecule has 0 unspecified atom stereocenters. The Morgan fingerprint density at radius 3 is 2.50 bits per heavy atom. The number of hydrogen-bond donors (Lipinski definition) is 3. The van der Waals surface area contributed by atoms with Crippen LogP contribution in [0.1, 0.15) is 51.4 Å². The number of unbranched alkanes of at least 4 members (excludes halogenated alkanes) is 1. The average Bonchev–Trinajstić information content (AvgIpc) is 2.30. The Kier molecular flexibility index (Phi) is 5.77. The summed E-state index contributed by atoms with van der Waals surface area (Å²) in [4.78, 5) is 11.7. The first-order chi connectivity index (χ1) is 7.72. The van der Waals surface area contributed by atoms with Gasteiger partial charge in [0, 0.05) is 6.42 Å². The molecule has 0 saturated heterocycles. The second-order valence-corrected chi connectivity index (χ2v) is 4.79. The van der Waals surface area contributed by atoms with Crippen molar-refractivity contribution < 1.29 is 9.90 Å². The maximum Gasteiger partial charge on any atom is 0.220 e. The maximum atomic E-state index is 11.7. The molecule has 0 aromatic rings. The van der Waals surface area contributed by atoms with E-state index in [2.05, 4.69) is 5.32 Å². The van der Waals surface area contributed by atoms with Crippen molar-refractivity contribution in [1.29, 1.82) is 0 Å². The van der Waals surface area contributed by atoms with E-state index in [0.29, 0.717) is 13.0 Å². The van der Waals surface area contributed by atoms with E-state index in [1.807, 2.05) is 0 Å². The summed E-state index contributed by atoms with van der Waals surface area (Å²) < 4.78 is 0. The number of nitrogens with one attached hydrogen (secondary N) is 1. The number of amides is 1. The lowest BCUT2D eigenvalue weighted by atomic mass is 9.82. The highest BCUT2D eigenvalue weighted by Gasteiger charge is 2.32. The molecule has 0 heterocycles. The summed E-state index contributed by atoms with van der Waals surface area (Å²) in [5, 5.41) is 12.4. The van der Waals surface area contributed by atoms with Gasteiger partial charge >= 0.3 is 0 Å². The molecule has 0 aromatic heterocycles. The Morgan fingerprint density at radius 1 is 1.25 bits per heavy atom. The zero-order valence-electron chi connectivity index (χ0n) is 10.0. The quantitative estimate of drug-likeness (QED) is 0.592. The standard InChI is InChI=1S/C12H24N2O2/c13-9-5-2-6-11(16)14-12(10-15)7-3-1-4-8-12/h15H,1-10,13H2,(H,14,16). The van der Waals surface area contributed by atoms with E-state index in [1.54, 1.807) is 0 Å². The zero-order chi connectivity index (χ0) is 11.9. The van der Waals surface area contributed by atoms with Crippen LogP contribution in [0.3, 0.4) is 0 Å². The summed E-state index contributed by atoms with van der Waals surface area (Å²) in [5.74, 6) is 0.0596. The predicted molar refractivity (Wildman–Crippen MR) is 63.9 cm³/mol. The van der Waals surface area contributed by atoms with Gasteiger partial charge < -0.3 is 16.2 Å². The fourth-order valence-corrected chi connectivity index (χ4v) is 2.34. The second kappa shape index (κ2) is 6.86. The van der Waals surface area contributed by atoms with Gasteiger partial charge in [0.05, 0.1) is 12.1 Å². The molecule has 0 aliphatic heterocycles. The van der Waals surface area contributed by atoms with Gasteiger partial charge in [-0.05, 0) is 32.2 Å². The van der Waals surface area contributed by atoms with Crippen LogP contribution in [0.4, 0.5) is 0 Å². The number of rotatable bonds is 6. The first kappa shape index (κ1) is 13.5. The fraction of sp³-hybridized carbons (Fsp3) is 0.917. The second-order valence-electron chi connectivity index (χ2n) is 4.79. The minimum Gasteiger partial charge on any atom is -0.394 e. The van der Waals surface area contributed by atoms with Crippen molar-refractivity contribution in [2.45, 2.75) is 56.9 Å². The van der Waals surface area contributed by atoms with Crippen molar-refractivity contribution >= 4 is 5.91 Å². The number of nitrogens with two attached hydrogens (primary N) is 1. The Hall–Kier alpha value is -0.610. The van der Waals surface area contributed by atoms with Crippen LogP contribution in [0, 0.1) is 0 Å². The lowest BCUT2D eigenvalue weighted by Gasteiger charge is -2.36. The molecule has 0 atom stereocenters. The molecule has 1 aliphatic rings. The molecule has 1 fully saturated rings. The third-order valence-electron chi connectivity index (χ3n) is 3.38. The molecule has 1 amide bonds. The van der Waals surface area contributed by atoms with Crippen molar-refractivity contribution in [1.82, 2.24) is 5.32 Å². The lowest BCUT2D eigenvalue weighted by molar-refractivity contribution is -0.124. The minimum absolute atomic E-state index is 0.0596. The van der Waals surface area contributed by atoms with Crippen LogP contribution in [0.15, 0.2) is 0 Å². The Morgan fingerprint density at radius 2 is 1.94 bits per heavy atom. The smallest absolute Gasteiger partial charge is 0.220 e. The van der Waals surface area contributed by atoms with Gasteiger partial charge in [-0.1, -0.05) is 19.3 Å². The molecule has 1 saturated carbocycles. The highest BCUT2D eigenvalue weighted by molar-refractivity contribution is 5.76. The number of carbonyl (C=O) groups excluding carboxylic acids is 1. The fourth-order valence-electron chi connectivity index (χ4n) is 2.34. The number of carbonyl (C=O) groups is 1. The van der Waals surface area contributed by atoms with Gasteiger partial charge in [0.25, 0.3) is 0 Å². The van der Waals surface area contributed by atoms with E-state index in [4.69, 9.17) is 5.73 Å². The third kappa shape index (κ3) is 4.10. The number of aliphatic hydroxyl groups is 1. The summed E-state index contributed by atoms with van der Waals surface area (Å²) >= 11 is 0. The SMILES string of the molecule is NCCCCC(=O)NC1(CO)CCCCC1. The summed E-state index contributed by atoms with van der Waals surface area (Å²) in [7, 11) is 0. The Balaban J connectivity index is 2.33. The Bertz CT molecular complexity index is 213. The maximum absolute atomic E-state index is 11.7. The van der Waals surface area contributed by atoms with Crippen LogP contribution in [0.5, 0.6) is 0 Å². The van der Waals surface area contributed by atoms with Gasteiger partial charge in [-0.25, -0.2) is 0 Å². The van der Waals surface area contributed by atoms with E-state index in [9.17, 15) is 9.90 Å². The molecule has 0 spiro atoms. The van der Waals surface area contributed by atoms with Crippen molar-refractivity contribution in [3.63, 3.8) is 0 Å². The van der Waals surface area contributed by atoms with Crippen molar-refractivity contribution in [2.75, 3.05) is 13.2 Å². The van der Waals surface area contributed by atoms with Crippen molar-refractivity contribution in [3.05, 3.63) is 0 Å². The van der Waals surface area contributed by atoms with Crippen LogP contribution >= 0.6 is 0 Å². The topological polar surface area (TPSA) is 75.4 Å². The molecular weight excluding hydrogens is 204 g/mol. The normalized spacial score (nSPS) is 19.4. The summed E-state index contributed by atoms with van der Waals surface area (Å²) in [6, 6.07) is 0. The molecule has 4 nitrogen and oxygen atoms in total. The van der Waals surface area contributed by atoms with Crippen LogP contribution in [-0.2, 0) is 4.79 Å². The van der Waals surface area contributed by atoms with Crippen molar-refractivity contribution in [2.24, 2.45) is 5.73 Å². The summed E-state index contributed by atoms with van der Waals surface area (Å²) in [5.41, 5.74) is 5.04. The minimum atomic E-state index is -0.335. The number of hydrogen-bond acceptors (Lipinski definition) is 3. The van der Waals surface area contributed by atoms with Crippen LogP contribution in [0.2, 0.25) is 0 Å². The molecular formula is C12H24N2O2. The highest BCUT2D eigenvalue weighted by atomic mass is 16.3. The summed E-state index contributed by atoms with van der Waals surface area (Å²) in [6.07, 6.45) is 7.48. The lowest BCUT2D eigenvalue weighted by Crippen LogP contribution is -2.52. The van der Waals surface area contributed by atoms with Crippen LogP contribution < -0.4 is 11.1 Å². The van der Waals surface area contributed by atoms with Gasteiger partial charge in [-0.2, -0.15) is 0 Å². The van der Waals surface area contributed by atoms with E-state index >= 15 is 0 Å². The van der Waals surface area contributed by atoms with E-state index in [-0.39, 0.29) is 18.1 Å². The van der Waals surface area contributed by atoms with Crippen molar-refractivity contribution in [3.8, 4) is 0 Å². The third-order valence-corrected chi connectivity index (χ3v) is 3.38. The molecule has 4 heteroatoms. The van der Waals surface area contributed by atoms with Gasteiger partial charge in [0.1, 0.15) is 0 Å². The van der Waals surface area contributed by atoms with E-state index < -0.39 is 0 Å². The molecule has 0 radical (unpaired) electrons. The molecule has 16 heavy (non-hydrogen) atoms. The van der Waals surface area contributed by atoms with Gasteiger partial charge in [-0.3, -0.25) is 4.79 Å². The molecule has 0 bridgehead atoms. The largest absolute Gasteiger partial charge is 0.394 e. The summed E-state index contributed by atoms with van der Waals surface area (Å²) in [6.45, 7) is 0.702. The Labute approximate surface area is 97.6 Å². The zero-order valence-corrected chi connectivity index (χ0v) is 10.0. The molecule has 4 N–H and O–H groups in total. The van der Waals surface area contributed by atoms with E-state index in [1.165, 1.54) is 6.42 Å². The van der Waals surface area contributed by atoms with Crippen LogP contribution in [0.25, 0.3) is 0 Å². The first-order valence-corrected chi connectivity index (χ1v) is 6.34. The van der Waals surface area contributed by atoms with Gasteiger partial charge in [0.2, 0.25) is 5.91 Å². The molecule has 1 rings (SSSR count).